The number of nitrogens with one attached hydrogen (secondary N) is 1. The summed E-state index contributed by atoms with van der Waals surface area (Å²) in [6.45, 7) is 4.23. The van der Waals surface area contributed by atoms with Gasteiger partial charge in [0, 0.05) is 37.9 Å². The van der Waals surface area contributed by atoms with E-state index >= 15 is 0 Å². The first-order valence-electron chi connectivity index (χ1n) is 8.63. The van der Waals surface area contributed by atoms with Crippen LogP contribution in [0.1, 0.15) is 5.56 Å². The van der Waals surface area contributed by atoms with Crippen LogP contribution in [0.3, 0.4) is 0 Å². The van der Waals surface area contributed by atoms with Gasteiger partial charge in [-0.25, -0.2) is 18.6 Å². The van der Waals surface area contributed by atoms with Crippen LogP contribution in [0, 0.1) is 18.6 Å². The molecule has 8 heteroatoms. The summed E-state index contributed by atoms with van der Waals surface area (Å²) in [6.07, 6.45) is 0. The molecule has 0 atom stereocenters. The van der Waals surface area contributed by atoms with Crippen LogP contribution >= 0.6 is 11.3 Å². The topological polar surface area (TPSA) is 48.5 Å². The lowest BCUT2D eigenvalue weighted by atomic mass is 10.2. The highest BCUT2D eigenvalue weighted by Gasteiger charge is 2.24. The minimum Gasteiger partial charge on any atom is -0.345 e. The molecular formula is C19H18F2N4OS. The van der Waals surface area contributed by atoms with Crippen molar-refractivity contribution in [2.45, 2.75) is 6.92 Å². The fourth-order valence-electron chi connectivity index (χ4n) is 3.02. The van der Waals surface area contributed by atoms with Crippen LogP contribution in [-0.2, 0) is 0 Å². The summed E-state index contributed by atoms with van der Waals surface area (Å²) in [7, 11) is 0. The van der Waals surface area contributed by atoms with E-state index in [9.17, 15) is 13.6 Å². The Labute approximate surface area is 159 Å². The zero-order valence-electron chi connectivity index (χ0n) is 14.7. The van der Waals surface area contributed by atoms with Gasteiger partial charge < -0.3 is 15.1 Å². The smallest absolute Gasteiger partial charge is 0.321 e. The van der Waals surface area contributed by atoms with Gasteiger partial charge in [0.05, 0.1) is 4.70 Å². The van der Waals surface area contributed by atoms with Crippen LogP contribution in [0.15, 0.2) is 36.4 Å². The number of fused-ring (bicyclic) bond motifs is 1. The Morgan fingerprint density at radius 2 is 1.81 bits per heavy atom. The van der Waals surface area contributed by atoms with Gasteiger partial charge in [0.25, 0.3) is 0 Å². The lowest BCUT2D eigenvalue weighted by Gasteiger charge is -2.34. The van der Waals surface area contributed by atoms with Gasteiger partial charge in [-0.3, -0.25) is 0 Å². The third kappa shape index (κ3) is 3.71. The van der Waals surface area contributed by atoms with Gasteiger partial charge in [-0.2, -0.15) is 0 Å². The molecule has 1 aliphatic rings. The van der Waals surface area contributed by atoms with Crippen LogP contribution in [0.5, 0.6) is 0 Å². The number of hydrogen-bond donors (Lipinski definition) is 1. The average Bonchev–Trinajstić information content (AvgIpc) is 3.08. The lowest BCUT2D eigenvalue weighted by molar-refractivity contribution is 0.208. The molecule has 5 nitrogen and oxygen atoms in total. The van der Waals surface area contributed by atoms with Gasteiger partial charge in [-0.1, -0.05) is 29.0 Å². The molecule has 1 N–H and O–H groups in total. The molecule has 2 heterocycles. The second-order valence-corrected chi connectivity index (χ2v) is 7.51. The number of piperazine rings is 1. The first kappa shape index (κ1) is 17.7. The summed E-state index contributed by atoms with van der Waals surface area (Å²) < 4.78 is 27.7. The van der Waals surface area contributed by atoms with Crippen molar-refractivity contribution in [2.24, 2.45) is 0 Å². The van der Waals surface area contributed by atoms with Crippen LogP contribution < -0.4 is 10.2 Å². The number of nitrogens with zero attached hydrogens (tertiary/aromatic N) is 3. The van der Waals surface area contributed by atoms with E-state index in [0.717, 1.165) is 17.3 Å². The number of rotatable bonds is 2. The monoisotopic (exact) mass is 388 g/mol. The fraction of sp³-hybridized carbons (Fsp3) is 0.263. The zero-order valence-corrected chi connectivity index (χ0v) is 15.5. The molecule has 0 bridgehead atoms. The maximum atomic E-state index is 13.9. The number of carbonyl (C=O) groups is 1. The number of aromatic nitrogens is 1. The molecule has 0 spiro atoms. The summed E-state index contributed by atoms with van der Waals surface area (Å²) >= 11 is 1.26. The van der Waals surface area contributed by atoms with E-state index in [1.807, 2.05) is 36.1 Å². The van der Waals surface area contributed by atoms with E-state index in [1.54, 1.807) is 4.90 Å². The van der Waals surface area contributed by atoms with Gasteiger partial charge >= 0.3 is 6.03 Å². The van der Waals surface area contributed by atoms with Crippen molar-refractivity contribution in [3.63, 3.8) is 0 Å². The Kier molecular flexibility index (Phi) is 4.65. The van der Waals surface area contributed by atoms with E-state index in [-0.39, 0.29) is 11.5 Å². The quantitative estimate of drug-likeness (QED) is 0.715. The maximum absolute atomic E-state index is 13.9. The summed E-state index contributed by atoms with van der Waals surface area (Å²) in [6, 6.07) is 9.64. The fourth-order valence-corrected chi connectivity index (χ4v) is 4.08. The Morgan fingerprint density at radius 1 is 1.11 bits per heavy atom. The molecule has 1 saturated heterocycles. The Morgan fingerprint density at radius 3 is 2.52 bits per heavy atom. The van der Waals surface area contributed by atoms with Crippen LogP contribution in [0.4, 0.5) is 24.4 Å². The number of hydrogen-bond acceptors (Lipinski definition) is 4. The van der Waals surface area contributed by atoms with Crippen molar-refractivity contribution in [2.75, 3.05) is 36.4 Å². The first-order valence-corrected chi connectivity index (χ1v) is 9.44. The number of amides is 2. The SMILES string of the molecule is Cc1ccc(NC(=O)N2CCN(c3nc4c(F)cc(F)cc4s3)CC2)cc1. The normalized spacial score (nSPS) is 14.6. The zero-order chi connectivity index (χ0) is 19.0. The van der Waals surface area contributed by atoms with Crippen molar-refractivity contribution in [1.82, 2.24) is 9.88 Å². The summed E-state index contributed by atoms with van der Waals surface area (Å²) in [5.74, 6) is -1.25. The molecule has 0 aliphatic carbocycles. The second kappa shape index (κ2) is 7.11. The minimum atomic E-state index is -0.649. The standard InChI is InChI=1S/C19H18F2N4OS/c1-12-2-4-14(5-3-12)22-18(26)24-6-8-25(9-7-24)19-23-17-15(21)10-13(20)11-16(17)27-19/h2-5,10-11H,6-9H2,1H3,(H,22,26). The molecule has 0 radical (unpaired) electrons. The maximum Gasteiger partial charge on any atom is 0.321 e. The molecular weight excluding hydrogens is 370 g/mol. The average molecular weight is 388 g/mol. The van der Waals surface area contributed by atoms with Crippen LogP contribution in [0.25, 0.3) is 10.2 Å². The molecule has 3 aromatic rings. The van der Waals surface area contributed by atoms with Gasteiger partial charge in [0.1, 0.15) is 11.3 Å². The number of aryl methyl sites for hydroxylation is 1. The van der Waals surface area contributed by atoms with Crippen molar-refractivity contribution in [3.8, 4) is 0 Å². The molecule has 1 aliphatic heterocycles. The van der Waals surface area contributed by atoms with Gasteiger partial charge in [-0.05, 0) is 25.1 Å². The summed E-state index contributed by atoms with van der Waals surface area (Å²) in [5, 5.41) is 3.54. The predicted molar refractivity (Wildman–Crippen MR) is 104 cm³/mol. The van der Waals surface area contributed by atoms with E-state index in [4.69, 9.17) is 0 Å². The summed E-state index contributed by atoms with van der Waals surface area (Å²) in [4.78, 5) is 20.5. The Bertz CT molecular complexity index is 981. The third-order valence-corrected chi connectivity index (χ3v) is 5.61. The van der Waals surface area contributed by atoms with Crippen molar-refractivity contribution >= 4 is 38.4 Å². The molecule has 27 heavy (non-hydrogen) atoms. The van der Waals surface area contributed by atoms with Gasteiger partial charge in [0.15, 0.2) is 10.9 Å². The number of urea groups is 1. The summed E-state index contributed by atoms with van der Waals surface area (Å²) in [5.41, 5.74) is 2.08. The third-order valence-electron chi connectivity index (χ3n) is 4.54. The van der Waals surface area contributed by atoms with Crippen LogP contribution in [-0.4, -0.2) is 42.1 Å². The number of anilines is 2. The second-order valence-electron chi connectivity index (χ2n) is 6.50. The van der Waals surface area contributed by atoms with Gasteiger partial charge in [0.2, 0.25) is 0 Å². The van der Waals surface area contributed by atoms with Crippen LogP contribution in [0.2, 0.25) is 0 Å². The van der Waals surface area contributed by atoms with Crippen molar-refractivity contribution < 1.29 is 13.6 Å². The molecule has 2 amide bonds. The first-order chi connectivity index (χ1) is 13.0. The largest absolute Gasteiger partial charge is 0.345 e. The minimum absolute atomic E-state index is 0.143. The molecule has 140 valence electrons. The predicted octanol–water partition coefficient (Wildman–Crippen LogP) is 4.24. The van der Waals surface area contributed by atoms with E-state index in [1.165, 1.54) is 17.4 Å². The van der Waals surface area contributed by atoms with E-state index in [2.05, 4.69) is 10.3 Å². The molecule has 4 rings (SSSR count). The van der Waals surface area contributed by atoms with E-state index in [0.29, 0.717) is 36.0 Å². The number of thiazole rings is 1. The highest BCUT2D eigenvalue weighted by atomic mass is 32.1. The number of halogens is 2. The molecule has 0 unspecified atom stereocenters. The highest BCUT2D eigenvalue weighted by Crippen LogP contribution is 2.31. The molecule has 1 aromatic heterocycles. The van der Waals surface area contributed by atoms with Crippen molar-refractivity contribution in [3.05, 3.63) is 53.6 Å². The Hall–Kier alpha value is -2.74. The number of carbonyl (C=O) groups excluding carboxylic acids is 1. The highest BCUT2D eigenvalue weighted by molar-refractivity contribution is 7.22. The molecule has 1 fully saturated rings. The molecule has 2 aromatic carbocycles. The molecule has 0 saturated carbocycles. The van der Waals surface area contributed by atoms with Crippen molar-refractivity contribution in [1.29, 1.82) is 0 Å². The van der Waals surface area contributed by atoms with Gasteiger partial charge in [-0.15, -0.1) is 0 Å². The van der Waals surface area contributed by atoms with E-state index < -0.39 is 11.6 Å². The Balaban J connectivity index is 1.40. The number of benzene rings is 2. The lowest BCUT2D eigenvalue weighted by Crippen LogP contribution is -2.50.